The monoisotopic (exact) mass is 2000 g/mol. The quantitative estimate of drug-likeness (QED) is 0.127. The Labute approximate surface area is 676 Å². The molecule has 562 valence electrons. The maximum absolute atomic E-state index is 13.8. The van der Waals surface area contributed by atoms with Crippen LogP contribution in [0.25, 0.3) is 0 Å². The Kier molecular flexibility index (Phi) is 54.3. The first-order chi connectivity index (χ1) is 44.7. The Hall–Kier alpha value is 7.24. The van der Waals surface area contributed by atoms with Crippen LogP contribution in [0.15, 0.2) is 0 Å². The Morgan fingerprint density at radius 1 is 0.421 bits per heavy atom. The van der Waals surface area contributed by atoms with Gasteiger partial charge in [-0.2, -0.15) is 0 Å². The van der Waals surface area contributed by atoms with Crippen molar-refractivity contribution in [2.75, 3.05) is 26.4 Å². The number of carbonyl (C=O) groups excluding carboxylic acids is 2. The van der Waals surface area contributed by atoms with Crippen molar-refractivity contribution in [3.8, 4) is 0 Å². The molecule has 8 nitrogen and oxygen atoms in total. The van der Waals surface area contributed by atoms with E-state index in [4.69, 9.17) is 26.8 Å². The van der Waals surface area contributed by atoms with E-state index in [0.29, 0.717) is 24.4 Å². The van der Waals surface area contributed by atoms with Gasteiger partial charge in [-0.3, -0.25) is 9.59 Å². The fourth-order valence-corrected chi connectivity index (χ4v) is 107. The summed E-state index contributed by atoms with van der Waals surface area (Å²) in [5.74, 6) is 1.46. The molecular formula is C50H94O8S36Si. The number of carbonyl (C=O) groups is 2. The van der Waals surface area contributed by atoms with Gasteiger partial charge in [0.2, 0.25) is 0 Å². The molecule has 4 bridgehead atoms. The second-order valence-corrected chi connectivity index (χ2v) is 89.0. The van der Waals surface area contributed by atoms with Gasteiger partial charge in [-0.1, -0.05) is 91.0 Å². The van der Waals surface area contributed by atoms with Crippen LogP contribution in [-0.4, -0.2) is 84.1 Å². The van der Waals surface area contributed by atoms with E-state index in [-0.39, 0.29) is 98.3 Å². The molecule has 0 heterocycles. The Bertz CT molecular complexity index is 4120. The van der Waals surface area contributed by atoms with E-state index in [1.165, 1.54) is 17.8 Å². The highest BCUT2D eigenvalue weighted by molar-refractivity contribution is 8.80. The standard InChI is InChI=1S/C27H50O4Si.C21H36O4.2CH4.S36/c1-8-25(6)16-22(29)26(7)21(18-31-32(9-2,10-3)11-4)13-15-27(19(5)24(25)30)14-12-20(17-28)23(26)27;1-5-19(3)10-16(24)20(4)15(12-23)7-9-21(13(2)18(19)25)8-6-14(11-22)17(20)21;;;1-3-5-7-9-11-13-15-17-19-21-23-25-27-29-31-33-35-36-34-32-30-28-26-24-22-20-18-16-14-12-10-8-6-4-2/h19-23,28-29H,8-18H2,1-7H3;13-17,22-24H,5-12H2,1-4H3;2*1H4;/t19-,20-,21-,22+,23?,25+,26-,27+;13-,14-,15-,16+,17?,19+,20-,21+;;;/m00.../s1. The van der Waals surface area contributed by atoms with Crippen LogP contribution < -0.4 is 0 Å². The van der Waals surface area contributed by atoms with Crippen molar-refractivity contribution in [1.82, 2.24) is 0 Å². The van der Waals surface area contributed by atoms with E-state index in [0.717, 1.165) is 88.9 Å². The fraction of sp³-hybridized carbons (Fsp3) is 0.960. The van der Waals surface area contributed by atoms with Crippen molar-refractivity contribution in [2.45, 2.75) is 198 Å². The summed E-state index contributed by atoms with van der Waals surface area (Å²) in [6.45, 7) is 24.8. The lowest BCUT2D eigenvalue weighted by Crippen LogP contribution is -2.63. The highest BCUT2D eigenvalue weighted by Gasteiger charge is 2.69. The molecule has 16 atom stereocenters. The molecule has 95 heavy (non-hydrogen) atoms. The normalized spacial score (nSPS) is 32.0. The molecule has 6 saturated carbocycles. The summed E-state index contributed by atoms with van der Waals surface area (Å²) in [7, 11) is 58.3. The van der Waals surface area contributed by atoms with E-state index in [2.05, 4.69) is 62.3 Å². The maximum Gasteiger partial charge on any atom is 0.191 e. The first-order valence-electron chi connectivity index (χ1n) is 29.5. The highest BCUT2D eigenvalue weighted by atomic mass is 33.5. The van der Waals surface area contributed by atoms with Crippen molar-refractivity contribution in [2.24, 2.45) is 79.8 Å². The minimum atomic E-state index is -1.73. The van der Waals surface area contributed by atoms with Gasteiger partial charge in [-0.05, 0) is 142 Å². The average Bonchev–Trinajstić information content (AvgIpc) is 1.68. The molecule has 5 N–H and O–H groups in total. The zero-order valence-electron chi connectivity index (χ0n) is 52.9. The summed E-state index contributed by atoms with van der Waals surface area (Å²) < 4.78 is 6.83. The number of aliphatic hydroxyl groups excluding tert-OH is 5. The molecule has 0 radical (unpaired) electrons. The van der Waals surface area contributed by atoms with Gasteiger partial charge in [-0.25, -0.2) is 0 Å². The molecule has 0 saturated heterocycles. The van der Waals surface area contributed by atoms with Crippen LogP contribution in [0.5, 0.6) is 0 Å². The second kappa shape index (κ2) is 52.5. The van der Waals surface area contributed by atoms with Crippen molar-refractivity contribution < 1.29 is 39.5 Å². The molecule has 6 fully saturated rings. The number of rotatable bonds is 11. The van der Waals surface area contributed by atoms with Gasteiger partial charge >= 0.3 is 0 Å². The van der Waals surface area contributed by atoms with Crippen LogP contribution in [0.2, 0.25) is 18.1 Å². The van der Waals surface area contributed by atoms with Crippen LogP contribution in [0.1, 0.15) is 168 Å². The van der Waals surface area contributed by atoms with Gasteiger partial charge < -0.3 is 30.0 Å². The van der Waals surface area contributed by atoms with Crippen LogP contribution in [-0.2, 0) is 338 Å². The van der Waals surface area contributed by atoms with E-state index in [1.807, 2.05) is 191 Å². The number of hydrogen-bond donors (Lipinski definition) is 5. The third-order valence-electron chi connectivity index (χ3n) is 21.3. The summed E-state index contributed by atoms with van der Waals surface area (Å²) in [6, 6.07) is 3.41. The number of ketones is 2. The van der Waals surface area contributed by atoms with Gasteiger partial charge in [0.25, 0.3) is 0 Å². The third-order valence-corrected chi connectivity index (χ3v) is 99.3. The summed E-state index contributed by atoms with van der Waals surface area (Å²) in [5.41, 5.74) is -1.99. The third kappa shape index (κ3) is 27.8. The zero-order valence-corrected chi connectivity index (χ0v) is 83.3. The largest absolute Gasteiger partial charge is 0.417 e. The van der Waals surface area contributed by atoms with Crippen molar-refractivity contribution in [1.29, 1.82) is 0 Å². The molecule has 0 aromatic rings. The summed E-state index contributed by atoms with van der Waals surface area (Å²) in [4.78, 5) is 27.3. The van der Waals surface area contributed by atoms with Crippen molar-refractivity contribution in [3.05, 3.63) is 0 Å². The van der Waals surface area contributed by atoms with Crippen LogP contribution in [0.4, 0.5) is 0 Å². The Balaban J connectivity index is 0.000000486. The number of hydrogen-bond acceptors (Lipinski definition) is 10. The average molecular weight is 2010 g/mol. The predicted octanol–water partition coefficient (Wildman–Crippen LogP) is 9.79. The fourth-order valence-electron chi connectivity index (χ4n) is 16.0. The molecule has 2 unspecified atom stereocenters. The molecule has 0 aromatic carbocycles. The van der Waals surface area contributed by atoms with Crippen molar-refractivity contribution >= 4 is 344 Å². The highest BCUT2D eigenvalue weighted by Crippen LogP contribution is 2.71. The number of Topliss-reactive ketones (excluding diaryl/α,β-unsaturated/α-hetero) is 2. The molecule has 0 spiro atoms. The van der Waals surface area contributed by atoms with Crippen LogP contribution in [0, 0.1) is 79.8 Å². The summed E-state index contributed by atoms with van der Waals surface area (Å²) in [6.07, 6.45) is 9.00. The van der Waals surface area contributed by atoms with Gasteiger partial charge in [0, 0.05) is 384 Å². The lowest BCUT2D eigenvalue weighted by molar-refractivity contribution is -0.191. The molecule has 0 amide bonds. The van der Waals surface area contributed by atoms with E-state index in [9.17, 15) is 35.1 Å². The number of aliphatic hydroxyl groups is 5. The second-order valence-electron chi connectivity index (χ2n) is 24.1. The summed E-state index contributed by atoms with van der Waals surface area (Å²) in [5, 5.41) is 53.8. The van der Waals surface area contributed by atoms with E-state index < -0.39 is 36.8 Å². The van der Waals surface area contributed by atoms with Gasteiger partial charge in [0.1, 0.15) is 11.6 Å². The molecule has 6 aliphatic rings. The lowest BCUT2D eigenvalue weighted by atomic mass is 9.43. The predicted molar refractivity (Wildman–Crippen MR) is 508 cm³/mol. The van der Waals surface area contributed by atoms with Crippen molar-refractivity contribution in [3.63, 3.8) is 0 Å². The smallest absolute Gasteiger partial charge is 0.191 e. The first-order valence-corrected chi connectivity index (χ1v) is 78.7. The summed E-state index contributed by atoms with van der Waals surface area (Å²) >= 11 is 9.59. The van der Waals surface area contributed by atoms with E-state index in [1.54, 1.807) is 107 Å². The van der Waals surface area contributed by atoms with Gasteiger partial charge in [0.15, 0.2) is 8.32 Å². The first kappa shape index (κ1) is 98.3. The Morgan fingerprint density at radius 3 is 0.916 bits per heavy atom. The Morgan fingerprint density at radius 2 is 0.674 bits per heavy atom. The topological polar surface area (TPSA) is 145 Å². The van der Waals surface area contributed by atoms with Gasteiger partial charge in [0.05, 0.1) is 12.2 Å². The van der Waals surface area contributed by atoms with Crippen LogP contribution >= 0.6 is 0 Å². The molecule has 45 heteroatoms. The molecule has 0 aliphatic heterocycles. The van der Waals surface area contributed by atoms with Crippen LogP contribution in [0.3, 0.4) is 0 Å². The molecule has 6 rings (SSSR count). The molecule has 0 aromatic heterocycles. The minimum Gasteiger partial charge on any atom is -0.417 e. The zero-order chi connectivity index (χ0) is 68.6. The van der Waals surface area contributed by atoms with Gasteiger partial charge in [-0.15, -0.1) is 0 Å². The molecule has 6 aliphatic carbocycles. The van der Waals surface area contributed by atoms with E-state index >= 15 is 0 Å². The maximum atomic E-state index is 13.8. The minimum absolute atomic E-state index is 0. The SMILES string of the molecule is C.C.CC[C@]1(C)C[C@@H](O)[C@@]2(C)C3[C@H](CO)CC[C@@]3(CC[C@H]2CO)[C@@H](C)C1=O.CC[C@]1(C)C[C@@H](O)[C@@]2(C)C3[C@H](CO)CC[C@@]3(CC[C@H]2CO[Si](CC)(CC)CC)[C@@H](C)C1=O.S=S=S=S=S=S=S=S=S=S=S=S=S=S=S=S=S=S=S=S=S=S=S=S=S=S=S=S=S=S=S=S=S=S=S=S. The lowest BCUT2D eigenvalue weighted by Gasteiger charge is -2.62. The molecular weight excluding hydrogens is 1910 g/mol.